The second-order valence-electron chi connectivity index (χ2n) is 2.57. The number of benzene rings is 1. The van der Waals surface area contributed by atoms with Crippen LogP contribution in [0.3, 0.4) is 0 Å². The Bertz CT molecular complexity index is 435. The number of halogens is 1. The molecule has 0 amide bonds. The van der Waals surface area contributed by atoms with E-state index in [0.717, 1.165) is 23.9 Å². The topological polar surface area (TPSA) is 80.4 Å². The highest BCUT2D eigenvalue weighted by Gasteiger charge is 2.21. The van der Waals surface area contributed by atoms with Crippen molar-refractivity contribution in [3.8, 4) is 0 Å². The zero-order valence-electron chi connectivity index (χ0n) is 7.56. The van der Waals surface area contributed by atoms with Crippen LogP contribution in [-0.2, 0) is 0 Å². The molecule has 1 aromatic carbocycles. The van der Waals surface area contributed by atoms with Crippen molar-refractivity contribution in [2.24, 2.45) is 0 Å². The fourth-order valence-electron chi connectivity index (χ4n) is 1.01. The molecule has 1 N–H and O–H groups in total. The molecule has 0 saturated heterocycles. The smallest absolute Gasteiger partial charge is 0.338 e. The summed E-state index contributed by atoms with van der Waals surface area (Å²) in [5.41, 5.74) is -1.10. The number of carbonyl (C=O) groups is 1. The molecule has 1 rings (SSSR count). The Kier molecular flexibility index (Phi) is 3.25. The molecule has 0 heterocycles. The van der Waals surface area contributed by atoms with Gasteiger partial charge in [0.05, 0.1) is 9.82 Å². The van der Waals surface area contributed by atoms with Gasteiger partial charge in [0.15, 0.2) is 0 Å². The predicted molar refractivity (Wildman–Crippen MR) is 51.8 cm³/mol. The Morgan fingerprint density at radius 1 is 1.60 bits per heavy atom. The molecule has 0 fully saturated rings. The molecular formula is C8H6FNO4S. The molecule has 0 saturated carbocycles. The van der Waals surface area contributed by atoms with Crippen LogP contribution >= 0.6 is 11.8 Å². The Balaban J connectivity index is 3.43. The molecule has 1 aromatic rings. The summed E-state index contributed by atoms with van der Waals surface area (Å²) in [5, 5.41) is 19.1. The van der Waals surface area contributed by atoms with Crippen LogP contribution in [0, 0.1) is 15.9 Å². The highest BCUT2D eigenvalue weighted by Crippen LogP contribution is 2.30. The zero-order valence-corrected chi connectivity index (χ0v) is 8.38. The summed E-state index contributed by atoms with van der Waals surface area (Å²) in [7, 11) is 0. The van der Waals surface area contributed by atoms with Crippen molar-refractivity contribution in [1.82, 2.24) is 0 Å². The second kappa shape index (κ2) is 4.26. The minimum absolute atomic E-state index is 0.0995. The van der Waals surface area contributed by atoms with E-state index in [1.165, 1.54) is 0 Å². The summed E-state index contributed by atoms with van der Waals surface area (Å²) in [6.07, 6.45) is 1.54. The number of carboxylic acid groups (broad SMARTS) is 1. The van der Waals surface area contributed by atoms with Gasteiger partial charge in [0.2, 0.25) is 0 Å². The van der Waals surface area contributed by atoms with E-state index in [0.29, 0.717) is 0 Å². The lowest BCUT2D eigenvalue weighted by atomic mass is 10.2. The third-order valence-electron chi connectivity index (χ3n) is 1.70. The molecule has 0 spiro atoms. The van der Waals surface area contributed by atoms with E-state index < -0.39 is 28.0 Å². The first kappa shape index (κ1) is 11.4. The lowest BCUT2D eigenvalue weighted by Gasteiger charge is -2.02. The molecule has 0 bridgehead atoms. The standard InChI is InChI=1S/C8H6FNO4S/c1-15-7-3-5(9)4(8(11)12)2-6(7)10(13)14/h2-3H,1H3,(H,11,12). The van der Waals surface area contributed by atoms with E-state index in [2.05, 4.69) is 0 Å². The summed E-state index contributed by atoms with van der Waals surface area (Å²) in [5.74, 6) is -2.50. The average Bonchev–Trinajstić information content (AvgIpc) is 2.16. The van der Waals surface area contributed by atoms with Gasteiger partial charge >= 0.3 is 5.97 Å². The summed E-state index contributed by atoms with van der Waals surface area (Å²) < 4.78 is 13.1. The van der Waals surface area contributed by atoms with E-state index in [1.807, 2.05) is 0 Å². The van der Waals surface area contributed by atoms with E-state index in [1.54, 1.807) is 6.26 Å². The van der Waals surface area contributed by atoms with Gasteiger partial charge in [0.1, 0.15) is 11.4 Å². The SMILES string of the molecule is CSc1cc(F)c(C(=O)O)cc1[N+](=O)[O-]. The summed E-state index contributed by atoms with van der Waals surface area (Å²) in [6, 6.07) is 1.58. The normalized spacial score (nSPS) is 10.0. The van der Waals surface area contributed by atoms with Gasteiger partial charge in [-0.3, -0.25) is 10.1 Å². The van der Waals surface area contributed by atoms with Crippen molar-refractivity contribution in [3.63, 3.8) is 0 Å². The summed E-state index contributed by atoms with van der Waals surface area (Å²) in [6.45, 7) is 0. The Labute approximate surface area is 88.1 Å². The molecule has 0 aliphatic heterocycles. The van der Waals surface area contributed by atoms with E-state index in [4.69, 9.17) is 5.11 Å². The Morgan fingerprint density at radius 3 is 2.60 bits per heavy atom. The van der Waals surface area contributed by atoms with Gasteiger partial charge in [-0.2, -0.15) is 0 Å². The van der Waals surface area contributed by atoms with Crippen LogP contribution in [-0.4, -0.2) is 22.3 Å². The molecule has 0 aliphatic rings. The maximum atomic E-state index is 13.1. The number of thioether (sulfide) groups is 1. The van der Waals surface area contributed by atoms with Crippen molar-refractivity contribution in [3.05, 3.63) is 33.6 Å². The fraction of sp³-hybridized carbons (Fsp3) is 0.125. The number of hydrogen-bond acceptors (Lipinski definition) is 4. The van der Waals surface area contributed by atoms with Crippen LogP contribution in [0.4, 0.5) is 10.1 Å². The fourth-order valence-corrected chi connectivity index (χ4v) is 1.58. The molecule has 7 heteroatoms. The van der Waals surface area contributed by atoms with Crippen molar-refractivity contribution in [2.45, 2.75) is 4.90 Å². The minimum Gasteiger partial charge on any atom is -0.478 e. The van der Waals surface area contributed by atoms with Gasteiger partial charge in [0, 0.05) is 6.07 Å². The van der Waals surface area contributed by atoms with Crippen LogP contribution in [0.25, 0.3) is 0 Å². The Morgan fingerprint density at radius 2 is 2.20 bits per heavy atom. The predicted octanol–water partition coefficient (Wildman–Crippen LogP) is 2.15. The highest BCUT2D eigenvalue weighted by atomic mass is 32.2. The number of hydrogen-bond donors (Lipinski definition) is 1. The first-order valence-electron chi connectivity index (χ1n) is 3.72. The number of nitro benzene ring substituents is 1. The molecule has 0 atom stereocenters. The van der Waals surface area contributed by atoms with Gasteiger partial charge in [-0.15, -0.1) is 11.8 Å². The lowest BCUT2D eigenvalue weighted by Crippen LogP contribution is -2.03. The van der Waals surface area contributed by atoms with Crippen LogP contribution in [0.1, 0.15) is 10.4 Å². The van der Waals surface area contributed by atoms with Crippen LogP contribution in [0.2, 0.25) is 0 Å². The van der Waals surface area contributed by atoms with E-state index >= 15 is 0 Å². The monoisotopic (exact) mass is 231 g/mol. The summed E-state index contributed by atoms with van der Waals surface area (Å²) >= 11 is 0.984. The van der Waals surface area contributed by atoms with Gasteiger partial charge in [0.25, 0.3) is 5.69 Å². The molecule has 0 radical (unpaired) electrons. The number of aromatic carboxylic acids is 1. The number of nitrogens with zero attached hydrogens (tertiary/aromatic N) is 1. The molecule has 0 aromatic heterocycles. The molecule has 15 heavy (non-hydrogen) atoms. The minimum atomic E-state index is -1.52. The zero-order chi connectivity index (χ0) is 11.6. The van der Waals surface area contributed by atoms with Gasteiger partial charge in [-0.1, -0.05) is 0 Å². The van der Waals surface area contributed by atoms with Gasteiger partial charge in [-0.05, 0) is 12.3 Å². The highest BCUT2D eigenvalue weighted by molar-refractivity contribution is 7.98. The van der Waals surface area contributed by atoms with Crippen molar-refractivity contribution in [2.75, 3.05) is 6.26 Å². The van der Waals surface area contributed by atoms with Crippen molar-refractivity contribution in [1.29, 1.82) is 0 Å². The first-order valence-corrected chi connectivity index (χ1v) is 4.95. The third-order valence-corrected chi connectivity index (χ3v) is 2.46. The number of carboxylic acids is 1. The van der Waals surface area contributed by atoms with Gasteiger partial charge < -0.3 is 5.11 Å². The third kappa shape index (κ3) is 2.24. The number of rotatable bonds is 3. The van der Waals surface area contributed by atoms with Crippen LogP contribution < -0.4 is 0 Å². The lowest BCUT2D eigenvalue weighted by molar-refractivity contribution is -0.387. The molecular weight excluding hydrogens is 225 g/mol. The largest absolute Gasteiger partial charge is 0.478 e. The maximum absolute atomic E-state index is 13.1. The molecule has 0 aliphatic carbocycles. The quantitative estimate of drug-likeness (QED) is 0.489. The first-order chi connectivity index (χ1) is 6.97. The van der Waals surface area contributed by atoms with Gasteiger partial charge in [-0.25, -0.2) is 9.18 Å². The van der Waals surface area contributed by atoms with Crippen LogP contribution in [0.15, 0.2) is 17.0 Å². The van der Waals surface area contributed by atoms with Crippen molar-refractivity contribution < 1.29 is 19.2 Å². The van der Waals surface area contributed by atoms with Crippen molar-refractivity contribution >= 4 is 23.4 Å². The number of nitro groups is 1. The molecule has 0 unspecified atom stereocenters. The van der Waals surface area contributed by atoms with Crippen LogP contribution in [0.5, 0.6) is 0 Å². The Hall–Kier alpha value is -1.63. The second-order valence-corrected chi connectivity index (χ2v) is 3.41. The molecule has 80 valence electrons. The molecule has 5 nitrogen and oxygen atoms in total. The summed E-state index contributed by atoms with van der Waals surface area (Å²) in [4.78, 5) is 20.4. The van der Waals surface area contributed by atoms with E-state index in [9.17, 15) is 19.3 Å². The van der Waals surface area contributed by atoms with E-state index in [-0.39, 0.29) is 4.90 Å². The average molecular weight is 231 g/mol. The maximum Gasteiger partial charge on any atom is 0.338 e.